The fourth-order valence-corrected chi connectivity index (χ4v) is 3.77. The quantitative estimate of drug-likeness (QED) is 0.873. The Morgan fingerprint density at radius 1 is 1.41 bits per heavy atom. The van der Waals surface area contributed by atoms with E-state index in [1.807, 2.05) is 31.4 Å². The molecule has 1 aromatic rings. The third-order valence-electron chi connectivity index (χ3n) is 4.74. The molecule has 0 radical (unpaired) electrons. The van der Waals surface area contributed by atoms with E-state index in [2.05, 4.69) is 5.32 Å². The number of carbonyl (C=O) groups excluding carboxylic acids is 2. The van der Waals surface area contributed by atoms with E-state index in [-0.39, 0.29) is 17.9 Å². The van der Waals surface area contributed by atoms with E-state index in [4.69, 9.17) is 0 Å². The Labute approximate surface area is 136 Å². The molecule has 1 aromatic heterocycles. The molecule has 1 aliphatic rings. The third kappa shape index (κ3) is 3.69. The van der Waals surface area contributed by atoms with Crippen LogP contribution in [0.3, 0.4) is 0 Å². The third-order valence-corrected chi connectivity index (χ3v) is 5.60. The Hall–Kier alpha value is -1.36. The highest BCUT2D eigenvalue weighted by molar-refractivity contribution is 7.09. The largest absolute Gasteiger partial charge is 0.351 e. The van der Waals surface area contributed by atoms with Gasteiger partial charge in [-0.3, -0.25) is 9.59 Å². The van der Waals surface area contributed by atoms with Crippen LogP contribution in [0.1, 0.15) is 57.8 Å². The first-order chi connectivity index (χ1) is 10.5. The molecule has 0 bridgehead atoms. The number of hydrogen-bond donors (Lipinski definition) is 1. The molecule has 1 fully saturated rings. The van der Waals surface area contributed by atoms with E-state index in [0.717, 1.165) is 17.7 Å². The molecule has 2 amide bonds. The summed E-state index contributed by atoms with van der Waals surface area (Å²) in [5.41, 5.74) is -0.793. The van der Waals surface area contributed by atoms with Crippen molar-refractivity contribution >= 4 is 23.2 Å². The normalized spacial score (nSPS) is 18.0. The van der Waals surface area contributed by atoms with Crippen molar-refractivity contribution in [1.29, 1.82) is 0 Å². The minimum Gasteiger partial charge on any atom is -0.351 e. The summed E-state index contributed by atoms with van der Waals surface area (Å²) in [5, 5.41) is 5.15. The summed E-state index contributed by atoms with van der Waals surface area (Å²) in [4.78, 5) is 27.8. The molecule has 1 saturated carbocycles. The Morgan fingerprint density at radius 3 is 2.59 bits per heavy atom. The standard InChI is InChI=1S/C17H26N2O2S/c1-4-17(3,16(21)18-14-8-5-6-9-14)19(13(2)20)12-15-10-7-11-22-15/h7,10-11,14H,4-6,8-9,12H2,1-3H3,(H,18,21)/t17-/m0/s1. The van der Waals surface area contributed by atoms with Gasteiger partial charge in [-0.05, 0) is 37.6 Å². The van der Waals surface area contributed by atoms with Crippen molar-refractivity contribution in [2.45, 2.75) is 71.0 Å². The fraction of sp³-hybridized carbons (Fsp3) is 0.647. The van der Waals surface area contributed by atoms with E-state index in [9.17, 15) is 9.59 Å². The van der Waals surface area contributed by atoms with Gasteiger partial charge in [0.25, 0.3) is 0 Å². The first-order valence-corrected chi connectivity index (χ1v) is 8.97. The maximum Gasteiger partial charge on any atom is 0.245 e. The number of nitrogens with one attached hydrogen (secondary N) is 1. The van der Waals surface area contributed by atoms with Crippen LogP contribution in [0.4, 0.5) is 0 Å². The lowest BCUT2D eigenvalue weighted by atomic mass is 9.94. The van der Waals surface area contributed by atoms with Crippen molar-refractivity contribution in [3.63, 3.8) is 0 Å². The van der Waals surface area contributed by atoms with Gasteiger partial charge in [0.1, 0.15) is 5.54 Å². The van der Waals surface area contributed by atoms with E-state index in [1.165, 1.54) is 12.8 Å². The summed E-state index contributed by atoms with van der Waals surface area (Å²) in [7, 11) is 0. The van der Waals surface area contributed by atoms with Crippen molar-refractivity contribution < 1.29 is 9.59 Å². The summed E-state index contributed by atoms with van der Waals surface area (Å²) >= 11 is 1.61. The van der Waals surface area contributed by atoms with Crippen LogP contribution in [-0.4, -0.2) is 28.3 Å². The molecule has 122 valence electrons. The Morgan fingerprint density at radius 2 is 2.09 bits per heavy atom. The van der Waals surface area contributed by atoms with Crippen molar-refractivity contribution in [1.82, 2.24) is 10.2 Å². The number of carbonyl (C=O) groups is 2. The maximum absolute atomic E-state index is 12.8. The lowest BCUT2D eigenvalue weighted by Crippen LogP contribution is -2.59. The predicted octanol–water partition coefficient (Wildman–Crippen LogP) is 3.32. The van der Waals surface area contributed by atoms with E-state index < -0.39 is 5.54 Å². The van der Waals surface area contributed by atoms with Gasteiger partial charge in [0, 0.05) is 17.8 Å². The number of thiophene rings is 1. The van der Waals surface area contributed by atoms with Crippen LogP contribution in [0.2, 0.25) is 0 Å². The van der Waals surface area contributed by atoms with Gasteiger partial charge in [0.2, 0.25) is 11.8 Å². The summed E-state index contributed by atoms with van der Waals surface area (Å²) in [5.74, 6) is -0.0759. The minimum atomic E-state index is -0.793. The first-order valence-electron chi connectivity index (χ1n) is 8.09. The predicted molar refractivity (Wildman–Crippen MR) is 89.6 cm³/mol. The molecule has 2 rings (SSSR count). The van der Waals surface area contributed by atoms with Crippen LogP contribution in [0.5, 0.6) is 0 Å². The summed E-state index contributed by atoms with van der Waals surface area (Å²) in [6.45, 7) is 5.89. The van der Waals surface area contributed by atoms with Gasteiger partial charge < -0.3 is 10.2 Å². The monoisotopic (exact) mass is 322 g/mol. The zero-order valence-electron chi connectivity index (χ0n) is 13.7. The second kappa shape index (κ2) is 7.27. The van der Waals surface area contributed by atoms with Gasteiger partial charge in [-0.2, -0.15) is 0 Å². The van der Waals surface area contributed by atoms with Crippen molar-refractivity contribution in [3.05, 3.63) is 22.4 Å². The molecule has 1 aliphatic carbocycles. The van der Waals surface area contributed by atoms with Gasteiger partial charge >= 0.3 is 0 Å². The van der Waals surface area contributed by atoms with Gasteiger partial charge in [0.15, 0.2) is 0 Å². The molecule has 1 atom stereocenters. The van der Waals surface area contributed by atoms with Crippen LogP contribution >= 0.6 is 11.3 Å². The molecule has 0 unspecified atom stereocenters. The van der Waals surface area contributed by atoms with Crippen LogP contribution in [0, 0.1) is 0 Å². The number of nitrogens with zero attached hydrogens (tertiary/aromatic N) is 1. The van der Waals surface area contributed by atoms with Crippen molar-refractivity contribution in [2.24, 2.45) is 0 Å². The molecule has 0 saturated heterocycles. The highest BCUT2D eigenvalue weighted by atomic mass is 32.1. The Kier molecular flexibility index (Phi) is 5.62. The first kappa shape index (κ1) is 17.0. The molecule has 22 heavy (non-hydrogen) atoms. The van der Waals surface area contributed by atoms with Gasteiger partial charge in [-0.1, -0.05) is 25.8 Å². The van der Waals surface area contributed by atoms with E-state index in [0.29, 0.717) is 13.0 Å². The van der Waals surface area contributed by atoms with E-state index in [1.54, 1.807) is 23.2 Å². The van der Waals surface area contributed by atoms with Gasteiger partial charge in [-0.15, -0.1) is 11.3 Å². The second-order valence-corrected chi connectivity index (χ2v) is 7.30. The molecule has 1 heterocycles. The number of rotatable bonds is 6. The van der Waals surface area contributed by atoms with Gasteiger partial charge in [-0.25, -0.2) is 0 Å². The van der Waals surface area contributed by atoms with Crippen LogP contribution < -0.4 is 5.32 Å². The van der Waals surface area contributed by atoms with Crippen LogP contribution in [0.15, 0.2) is 17.5 Å². The second-order valence-electron chi connectivity index (χ2n) is 6.27. The number of amides is 2. The Bertz CT molecular complexity index is 509. The SMILES string of the molecule is CC[C@@](C)(C(=O)NC1CCCC1)N(Cc1cccs1)C(C)=O. The molecular weight excluding hydrogens is 296 g/mol. The average Bonchev–Trinajstić information content (AvgIpc) is 3.16. The molecule has 4 nitrogen and oxygen atoms in total. The van der Waals surface area contributed by atoms with Crippen LogP contribution in [-0.2, 0) is 16.1 Å². The highest BCUT2D eigenvalue weighted by Gasteiger charge is 2.40. The van der Waals surface area contributed by atoms with Crippen molar-refractivity contribution in [3.8, 4) is 0 Å². The number of hydrogen-bond acceptors (Lipinski definition) is 3. The minimum absolute atomic E-state index is 0.0198. The summed E-state index contributed by atoms with van der Waals surface area (Å²) in [6.07, 6.45) is 5.07. The topological polar surface area (TPSA) is 49.4 Å². The highest BCUT2D eigenvalue weighted by Crippen LogP contribution is 2.26. The molecule has 0 spiro atoms. The lowest BCUT2D eigenvalue weighted by Gasteiger charge is -2.39. The average molecular weight is 322 g/mol. The van der Waals surface area contributed by atoms with E-state index >= 15 is 0 Å². The smallest absolute Gasteiger partial charge is 0.245 e. The molecule has 0 aromatic carbocycles. The summed E-state index contributed by atoms with van der Waals surface area (Å²) in [6, 6.07) is 4.25. The van der Waals surface area contributed by atoms with Gasteiger partial charge in [0.05, 0.1) is 6.54 Å². The fourth-order valence-electron chi connectivity index (χ4n) is 3.08. The summed E-state index contributed by atoms with van der Waals surface area (Å²) < 4.78 is 0. The zero-order valence-corrected chi connectivity index (χ0v) is 14.5. The Balaban J connectivity index is 2.15. The van der Waals surface area contributed by atoms with Crippen molar-refractivity contribution in [2.75, 3.05) is 0 Å². The molecule has 1 N–H and O–H groups in total. The molecular formula is C17H26N2O2S. The molecule has 5 heteroatoms. The zero-order chi connectivity index (χ0) is 16.2. The molecule has 0 aliphatic heterocycles. The lowest BCUT2D eigenvalue weighted by molar-refractivity contribution is -0.147. The maximum atomic E-state index is 12.8. The van der Waals surface area contributed by atoms with Crippen LogP contribution in [0.25, 0.3) is 0 Å².